The van der Waals surface area contributed by atoms with E-state index in [0.29, 0.717) is 13.0 Å². The predicted molar refractivity (Wildman–Crippen MR) is 89.5 cm³/mol. The Morgan fingerprint density at radius 1 is 1.29 bits per heavy atom. The molecule has 3 rings (SSSR count). The van der Waals surface area contributed by atoms with E-state index in [1.165, 1.54) is 6.42 Å². The van der Waals surface area contributed by atoms with Crippen molar-refractivity contribution in [2.45, 2.75) is 51.0 Å². The van der Waals surface area contributed by atoms with Crippen molar-refractivity contribution >= 4 is 11.8 Å². The van der Waals surface area contributed by atoms with E-state index in [4.69, 9.17) is 9.47 Å². The second-order valence-corrected chi connectivity index (χ2v) is 7.63. The molecule has 0 aromatic carbocycles. The van der Waals surface area contributed by atoms with Gasteiger partial charge in [-0.05, 0) is 43.9 Å². The lowest BCUT2D eigenvalue weighted by atomic mass is 9.72. The third kappa shape index (κ3) is 4.28. The molecule has 3 saturated heterocycles. The molecule has 3 aliphatic rings. The highest BCUT2D eigenvalue weighted by molar-refractivity contribution is 5.78. The van der Waals surface area contributed by atoms with Gasteiger partial charge in [0, 0.05) is 39.7 Å². The van der Waals surface area contributed by atoms with Crippen LogP contribution in [-0.2, 0) is 19.1 Å². The number of hydrogen-bond donors (Lipinski definition) is 0. The van der Waals surface area contributed by atoms with Crippen molar-refractivity contribution in [1.82, 2.24) is 9.80 Å². The van der Waals surface area contributed by atoms with E-state index in [2.05, 4.69) is 0 Å². The van der Waals surface area contributed by atoms with Gasteiger partial charge in [0.25, 0.3) is 0 Å². The minimum absolute atomic E-state index is 0.0842. The van der Waals surface area contributed by atoms with Crippen LogP contribution in [0.4, 0.5) is 0 Å². The smallest absolute Gasteiger partial charge is 0.248 e. The van der Waals surface area contributed by atoms with Crippen LogP contribution in [0.2, 0.25) is 0 Å². The fourth-order valence-electron chi connectivity index (χ4n) is 4.18. The molecule has 1 spiro atoms. The monoisotopic (exact) mass is 338 g/mol. The molecule has 0 aromatic heterocycles. The second kappa shape index (κ2) is 7.83. The van der Waals surface area contributed by atoms with Gasteiger partial charge in [-0.25, -0.2) is 0 Å². The standard InChI is InChI=1S/C18H30N2O4/c1-19-14-18(6-5-16(19)21)7-9-20(10-8-18)17(22)13-23-12-15-4-2-3-11-24-15/h15H,2-14H2,1H3/t15-/m1/s1. The van der Waals surface area contributed by atoms with E-state index in [0.717, 1.165) is 58.3 Å². The summed E-state index contributed by atoms with van der Waals surface area (Å²) in [6.07, 6.45) is 7.10. The molecule has 0 aromatic rings. The van der Waals surface area contributed by atoms with Crippen LogP contribution in [0.3, 0.4) is 0 Å². The van der Waals surface area contributed by atoms with Crippen molar-refractivity contribution in [3.63, 3.8) is 0 Å². The number of nitrogens with zero attached hydrogens (tertiary/aromatic N) is 2. The summed E-state index contributed by atoms with van der Waals surface area (Å²) < 4.78 is 11.2. The van der Waals surface area contributed by atoms with Crippen LogP contribution in [0.25, 0.3) is 0 Å². The highest BCUT2D eigenvalue weighted by Crippen LogP contribution is 2.39. The quantitative estimate of drug-likeness (QED) is 0.778. The molecule has 0 N–H and O–H groups in total. The van der Waals surface area contributed by atoms with E-state index < -0.39 is 0 Å². The molecule has 136 valence electrons. The minimum Gasteiger partial charge on any atom is -0.376 e. The first-order valence-electron chi connectivity index (χ1n) is 9.29. The average molecular weight is 338 g/mol. The summed E-state index contributed by atoms with van der Waals surface area (Å²) >= 11 is 0. The number of likely N-dealkylation sites (tertiary alicyclic amines) is 2. The Kier molecular flexibility index (Phi) is 5.76. The summed E-state index contributed by atoms with van der Waals surface area (Å²) in [4.78, 5) is 27.8. The predicted octanol–water partition coefficient (Wildman–Crippen LogP) is 1.43. The molecular weight excluding hydrogens is 308 g/mol. The van der Waals surface area contributed by atoms with Crippen LogP contribution in [-0.4, -0.2) is 74.2 Å². The Hall–Kier alpha value is -1.14. The Bertz CT molecular complexity index is 454. The highest BCUT2D eigenvalue weighted by atomic mass is 16.5. The fourth-order valence-corrected chi connectivity index (χ4v) is 4.18. The van der Waals surface area contributed by atoms with Gasteiger partial charge in [-0.3, -0.25) is 9.59 Å². The molecule has 3 aliphatic heterocycles. The summed E-state index contributed by atoms with van der Waals surface area (Å²) in [7, 11) is 1.89. The number of carbonyl (C=O) groups excluding carboxylic acids is 2. The van der Waals surface area contributed by atoms with Crippen molar-refractivity contribution in [3.8, 4) is 0 Å². The zero-order valence-electron chi connectivity index (χ0n) is 14.8. The van der Waals surface area contributed by atoms with E-state index >= 15 is 0 Å². The van der Waals surface area contributed by atoms with Crippen molar-refractivity contribution in [3.05, 3.63) is 0 Å². The first kappa shape index (κ1) is 17.7. The van der Waals surface area contributed by atoms with Gasteiger partial charge in [0.2, 0.25) is 11.8 Å². The first-order chi connectivity index (χ1) is 11.6. The highest BCUT2D eigenvalue weighted by Gasteiger charge is 2.40. The maximum absolute atomic E-state index is 12.3. The molecule has 3 fully saturated rings. The Morgan fingerprint density at radius 2 is 2.08 bits per heavy atom. The zero-order chi connectivity index (χ0) is 17.0. The summed E-state index contributed by atoms with van der Waals surface area (Å²) in [5, 5.41) is 0. The third-order valence-corrected chi connectivity index (χ3v) is 5.85. The van der Waals surface area contributed by atoms with Crippen LogP contribution in [0.5, 0.6) is 0 Å². The van der Waals surface area contributed by atoms with Crippen LogP contribution in [0, 0.1) is 5.41 Å². The molecule has 2 amide bonds. The fraction of sp³-hybridized carbons (Fsp3) is 0.889. The van der Waals surface area contributed by atoms with Crippen LogP contribution >= 0.6 is 0 Å². The molecule has 3 heterocycles. The summed E-state index contributed by atoms with van der Waals surface area (Å²) in [6, 6.07) is 0. The van der Waals surface area contributed by atoms with Crippen molar-refractivity contribution in [2.24, 2.45) is 5.41 Å². The van der Waals surface area contributed by atoms with E-state index in [1.807, 2.05) is 16.8 Å². The van der Waals surface area contributed by atoms with Crippen LogP contribution in [0.1, 0.15) is 44.9 Å². The van der Waals surface area contributed by atoms with Crippen LogP contribution < -0.4 is 0 Å². The minimum atomic E-state index is 0.0842. The van der Waals surface area contributed by atoms with Crippen LogP contribution in [0.15, 0.2) is 0 Å². The molecule has 6 nitrogen and oxygen atoms in total. The zero-order valence-corrected chi connectivity index (χ0v) is 14.8. The Labute approximate surface area is 144 Å². The van der Waals surface area contributed by atoms with Gasteiger partial charge in [0.15, 0.2) is 0 Å². The molecule has 6 heteroatoms. The largest absolute Gasteiger partial charge is 0.376 e. The molecule has 0 aliphatic carbocycles. The third-order valence-electron chi connectivity index (χ3n) is 5.85. The van der Waals surface area contributed by atoms with E-state index in [-0.39, 0.29) is 29.9 Å². The van der Waals surface area contributed by atoms with Gasteiger partial charge in [-0.15, -0.1) is 0 Å². The lowest BCUT2D eigenvalue weighted by Gasteiger charge is -2.46. The number of piperidine rings is 2. The van der Waals surface area contributed by atoms with Gasteiger partial charge < -0.3 is 19.3 Å². The summed E-state index contributed by atoms with van der Waals surface area (Å²) in [5.41, 5.74) is 0.218. The topological polar surface area (TPSA) is 59.1 Å². The number of rotatable bonds is 4. The lowest BCUT2D eigenvalue weighted by Crippen LogP contribution is -2.51. The summed E-state index contributed by atoms with van der Waals surface area (Å²) in [6.45, 7) is 3.90. The SMILES string of the molecule is CN1CC2(CCC1=O)CCN(C(=O)COC[C@H]1CCCCO1)CC2. The molecule has 0 saturated carbocycles. The van der Waals surface area contributed by atoms with Gasteiger partial charge >= 0.3 is 0 Å². The molecular formula is C18H30N2O4. The van der Waals surface area contributed by atoms with Gasteiger partial charge in [0.1, 0.15) is 6.61 Å². The van der Waals surface area contributed by atoms with Gasteiger partial charge in [-0.1, -0.05) is 0 Å². The molecule has 0 unspecified atom stereocenters. The van der Waals surface area contributed by atoms with Crippen molar-refractivity contribution in [2.75, 3.05) is 46.5 Å². The molecule has 0 bridgehead atoms. The maximum atomic E-state index is 12.3. The lowest BCUT2D eigenvalue weighted by molar-refractivity contribution is -0.144. The Balaban J connectivity index is 1.38. The van der Waals surface area contributed by atoms with Gasteiger partial charge in [-0.2, -0.15) is 0 Å². The second-order valence-electron chi connectivity index (χ2n) is 7.63. The maximum Gasteiger partial charge on any atom is 0.248 e. The molecule has 1 atom stereocenters. The normalized spacial score (nSPS) is 27.5. The van der Waals surface area contributed by atoms with Crippen molar-refractivity contribution < 1.29 is 19.1 Å². The molecule has 0 radical (unpaired) electrons. The summed E-state index contributed by atoms with van der Waals surface area (Å²) in [5.74, 6) is 0.332. The van der Waals surface area contributed by atoms with E-state index in [1.54, 1.807) is 0 Å². The van der Waals surface area contributed by atoms with Gasteiger partial charge in [0.05, 0.1) is 12.7 Å². The number of ether oxygens (including phenoxy) is 2. The molecule has 24 heavy (non-hydrogen) atoms. The van der Waals surface area contributed by atoms with E-state index in [9.17, 15) is 9.59 Å². The van der Waals surface area contributed by atoms with Crippen molar-refractivity contribution in [1.29, 1.82) is 0 Å². The number of amides is 2. The first-order valence-corrected chi connectivity index (χ1v) is 9.29. The average Bonchev–Trinajstić information content (AvgIpc) is 2.60. The number of carbonyl (C=O) groups is 2. The Morgan fingerprint density at radius 3 is 2.75 bits per heavy atom. The number of hydrogen-bond acceptors (Lipinski definition) is 4.